The fraction of sp³-hybridized carbons (Fsp3) is 0.361. The molecule has 1 aromatic heterocycles. The number of nitrogens with zero attached hydrogens (tertiary/aromatic N) is 2. The molecule has 9 nitrogen and oxygen atoms in total. The predicted octanol–water partition coefficient (Wildman–Crippen LogP) is 7.27. The van der Waals surface area contributed by atoms with Crippen molar-refractivity contribution < 1.29 is 32.6 Å². The Balaban J connectivity index is 1.29. The van der Waals surface area contributed by atoms with Crippen LogP contribution in [0.4, 0.5) is 20.2 Å². The lowest BCUT2D eigenvalue weighted by Gasteiger charge is -2.18. The minimum absolute atomic E-state index is 0.0666. The third-order valence-corrected chi connectivity index (χ3v) is 9.10. The Morgan fingerprint density at radius 2 is 1.51 bits per heavy atom. The highest BCUT2D eigenvalue weighted by atomic mass is 19.1. The van der Waals surface area contributed by atoms with Crippen LogP contribution >= 0.6 is 0 Å². The molecule has 11 heteroatoms. The van der Waals surface area contributed by atoms with Gasteiger partial charge in [0.05, 0.1) is 19.2 Å². The molecule has 2 N–H and O–H groups in total. The van der Waals surface area contributed by atoms with Crippen LogP contribution in [0, 0.1) is 28.9 Å². The molecule has 3 aromatic carbocycles. The van der Waals surface area contributed by atoms with Crippen LogP contribution in [0.3, 0.4) is 0 Å². The van der Waals surface area contributed by atoms with Gasteiger partial charge in [-0.05, 0) is 79.9 Å². The van der Waals surface area contributed by atoms with Crippen molar-refractivity contribution in [1.29, 1.82) is 0 Å². The first kappa shape index (κ1) is 33.6. The number of halogens is 2. The van der Waals surface area contributed by atoms with E-state index in [0.717, 1.165) is 32.1 Å². The van der Waals surface area contributed by atoms with Gasteiger partial charge >= 0.3 is 0 Å². The third kappa shape index (κ3) is 7.00. The largest absolute Gasteiger partial charge is 0.493 e. The number of amides is 2. The van der Waals surface area contributed by atoms with Crippen molar-refractivity contribution in [2.75, 3.05) is 44.0 Å². The minimum Gasteiger partial charge on any atom is -0.493 e. The first-order chi connectivity index (χ1) is 22.6. The molecule has 4 aromatic rings. The van der Waals surface area contributed by atoms with Crippen molar-refractivity contribution in [3.63, 3.8) is 0 Å². The number of carbonyl (C=O) groups excluding carboxylic acids is 2. The van der Waals surface area contributed by atoms with E-state index < -0.39 is 28.9 Å². The van der Waals surface area contributed by atoms with Gasteiger partial charge in [0.2, 0.25) is 11.8 Å². The number of benzene rings is 3. The molecule has 248 valence electrons. The van der Waals surface area contributed by atoms with Crippen molar-refractivity contribution in [3.8, 4) is 23.0 Å². The van der Waals surface area contributed by atoms with Gasteiger partial charge in [-0.25, -0.2) is 8.78 Å². The Bertz CT molecular complexity index is 1740. The van der Waals surface area contributed by atoms with E-state index >= 15 is 4.39 Å². The van der Waals surface area contributed by atoms with Crippen molar-refractivity contribution in [1.82, 2.24) is 9.88 Å². The molecule has 2 amide bonds. The van der Waals surface area contributed by atoms with Gasteiger partial charge in [-0.2, -0.15) is 0 Å². The molecule has 47 heavy (non-hydrogen) atoms. The number of hydrogen-bond acceptors (Lipinski definition) is 7. The molecule has 0 spiro atoms. The summed E-state index contributed by atoms with van der Waals surface area (Å²) in [5, 5.41) is 6.01. The number of pyridine rings is 1. The Morgan fingerprint density at radius 1 is 0.851 bits per heavy atom. The first-order valence-corrected chi connectivity index (χ1v) is 15.8. The number of fused-ring (bicyclic) bond motifs is 1. The molecule has 0 bridgehead atoms. The number of ether oxygens (including phenoxy) is 3. The monoisotopic (exact) mass is 646 g/mol. The summed E-state index contributed by atoms with van der Waals surface area (Å²) in [5.74, 6) is -1.38. The van der Waals surface area contributed by atoms with E-state index in [1.54, 1.807) is 31.5 Å². The van der Waals surface area contributed by atoms with Gasteiger partial charge in [0, 0.05) is 41.6 Å². The number of carbonyl (C=O) groups is 2. The zero-order chi connectivity index (χ0) is 33.7. The molecule has 1 heterocycles. The predicted molar refractivity (Wildman–Crippen MR) is 177 cm³/mol. The quantitative estimate of drug-likeness (QED) is 0.110. The lowest BCUT2D eigenvalue weighted by Crippen LogP contribution is -2.38. The van der Waals surface area contributed by atoms with Crippen LogP contribution in [-0.2, 0) is 9.59 Å². The van der Waals surface area contributed by atoms with Crippen LogP contribution < -0.4 is 24.8 Å². The van der Waals surface area contributed by atoms with Crippen LogP contribution in [0.2, 0.25) is 0 Å². The number of aromatic nitrogens is 1. The average Bonchev–Trinajstić information content (AvgIpc) is 3.63. The summed E-state index contributed by atoms with van der Waals surface area (Å²) in [4.78, 5) is 33.5. The highest BCUT2D eigenvalue weighted by Gasteiger charge is 2.69. The number of anilines is 2. The van der Waals surface area contributed by atoms with Gasteiger partial charge in [0.25, 0.3) is 0 Å². The topological polar surface area (TPSA) is 102 Å². The summed E-state index contributed by atoms with van der Waals surface area (Å²) in [7, 11) is 1.55. The van der Waals surface area contributed by atoms with E-state index in [4.69, 9.17) is 14.2 Å². The maximum absolute atomic E-state index is 15.4. The van der Waals surface area contributed by atoms with Gasteiger partial charge in [-0.15, -0.1) is 0 Å². The summed E-state index contributed by atoms with van der Waals surface area (Å²) in [6.45, 7) is 11.3. The number of rotatable bonds is 14. The van der Waals surface area contributed by atoms with Gasteiger partial charge < -0.3 is 29.7 Å². The fourth-order valence-corrected chi connectivity index (χ4v) is 5.99. The zero-order valence-electron chi connectivity index (χ0n) is 27.2. The minimum atomic E-state index is -1.36. The lowest BCUT2D eigenvalue weighted by molar-refractivity contribution is -0.132. The second kappa shape index (κ2) is 14.3. The fourth-order valence-electron chi connectivity index (χ4n) is 5.99. The summed E-state index contributed by atoms with van der Waals surface area (Å²) in [6, 6.07) is 14.5. The Hall–Kier alpha value is -4.77. The van der Waals surface area contributed by atoms with Crippen LogP contribution in [-0.4, -0.2) is 55.0 Å². The van der Waals surface area contributed by atoms with Crippen LogP contribution in [0.5, 0.6) is 23.0 Å². The standard InChI is InChI=1S/C36H40F2N4O5/c1-6-42(7-2)17-8-18-46-33-21-29-27(20-32(33)45-5)30(15-16-39-29)47-31-14-13-26(19-28(31)38)41-35(44)36(22(3)23(36)4)34(43)40-25-11-9-24(37)10-12-25/h9-16,19-23H,6-8,17-18H2,1-5H3,(H,40,43)(H,41,44)/t22-,23+,36+. The van der Waals surface area contributed by atoms with E-state index in [9.17, 15) is 14.0 Å². The molecular formula is C36H40F2N4O5. The first-order valence-electron chi connectivity index (χ1n) is 15.8. The second-order valence-corrected chi connectivity index (χ2v) is 11.7. The molecule has 5 rings (SSSR count). The van der Waals surface area contributed by atoms with E-state index in [2.05, 4.69) is 34.4 Å². The highest BCUT2D eigenvalue weighted by Crippen LogP contribution is 2.59. The average molecular weight is 647 g/mol. The van der Waals surface area contributed by atoms with Crippen LogP contribution in [0.15, 0.2) is 66.9 Å². The van der Waals surface area contributed by atoms with Crippen LogP contribution in [0.1, 0.15) is 34.1 Å². The highest BCUT2D eigenvalue weighted by molar-refractivity contribution is 6.17. The lowest BCUT2D eigenvalue weighted by atomic mass is 9.99. The molecule has 3 atom stereocenters. The summed E-state index contributed by atoms with van der Waals surface area (Å²) < 4.78 is 46.3. The second-order valence-electron chi connectivity index (χ2n) is 11.7. The van der Waals surface area contributed by atoms with Gasteiger partial charge in [0.1, 0.15) is 17.0 Å². The van der Waals surface area contributed by atoms with Crippen molar-refractivity contribution >= 4 is 34.1 Å². The maximum Gasteiger partial charge on any atom is 0.240 e. The molecule has 1 fully saturated rings. The molecule has 0 saturated heterocycles. The Kier molecular flexibility index (Phi) is 10.2. The molecule has 0 unspecified atom stereocenters. The van der Waals surface area contributed by atoms with E-state index in [1.165, 1.54) is 36.4 Å². The Labute approximate surface area is 273 Å². The van der Waals surface area contributed by atoms with Crippen molar-refractivity contribution in [3.05, 3.63) is 78.5 Å². The van der Waals surface area contributed by atoms with Crippen LogP contribution in [0.25, 0.3) is 10.9 Å². The zero-order valence-corrected chi connectivity index (χ0v) is 27.2. The Morgan fingerprint density at radius 3 is 2.13 bits per heavy atom. The number of hydrogen-bond donors (Lipinski definition) is 2. The summed E-state index contributed by atoms with van der Waals surface area (Å²) >= 11 is 0. The third-order valence-electron chi connectivity index (χ3n) is 9.10. The van der Waals surface area contributed by atoms with Gasteiger partial charge in [-0.1, -0.05) is 27.7 Å². The molecule has 0 aliphatic heterocycles. The van der Waals surface area contributed by atoms with Gasteiger partial charge in [0.15, 0.2) is 23.1 Å². The number of nitrogens with one attached hydrogen (secondary N) is 2. The summed E-state index contributed by atoms with van der Waals surface area (Å²) in [5.41, 5.74) is -0.228. The summed E-state index contributed by atoms with van der Waals surface area (Å²) in [6.07, 6.45) is 2.42. The van der Waals surface area contributed by atoms with E-state index in [0.29, 0.717) is 40.4 Å². The van der Waals surface area contributed by atoms with Gasteiger partial charge in [-0.3, -0.25) is 14.6 Å². The van der Waals surface area contributed by atoms with E-state index in [1.807, 2.05) is 13.8 Å². The maximum atomic E-state index is 15.4. The molecule has 1 aliphatic carbocycles. The van der Waals surface area contributed by atoms with Crippen molar-refractivity contribution in [2.24, 2.45) is 17.3 Å². The normalized spacial score (nSPS) is 18.6. The molecule has 1 saturated carbocycles. The molecular weight excluding hydrogens is 606 g/mol. The smallest absolute Gasteiger partial charge is 0.240 e. The SMILES string of the molecule is CCN(CC)CCCOc1cc2nccc(Oc3ccc(NC(=O)[C@@]4(C(=O)Nc5ccc(F)cc5)[C@H](C)[C@@H]4C)cc3F)c2cc1OC. The van der Waals surface area contributed by atoms with Crippen molar-refractivity contribution in [2.45, 2.75) is 34.1 Å². The van der Waals surface area contributed by atoms with E-state index in [-0.39, 0.29) is 23.3 Å². The number of methoxy groups -OCH3 is 1. The molecule has 0 radical (unpaired) electrons. The molecule has 1 aliphatic rings.